The summed E-state index contributed by atoms with van der Waals surface area (Å²) in [5, 5.41) is 0. The van der Waals surface area contributed by atoms with Crippen LogP contribution in [0.4, 0.5) is 0 Å². The van der Waals surface area contributed by atoms with Gasteiger partial charge in [0, 0.05) is 18.4 Å². The lowest BCUT2D eigenvalue weighted by molar-refractivity contribution is -0.137. The van der Waals surface area contributed by atoms with E-state index in [-0.39, 0.29) is 37.0 Å². The summed E-state index contributed by atoms with van der Waals surface area (Å²) in [6.07, 6.45) is 1.36. The molecule has 18 heavy (non-hydrogen) atoms. The van der Waals surface area contributed by atoms with Gasteiger partial charge in [0.25, 0.3) is 0 Å². The standard InChI is InChI=1S/C14H15NO3/c1-2-10-3-5-11(6-4-10)12(16)9-15-13(17)7-8-14(15)18/h3-6H,2,7-9H2,1H3. The minimum Gasteiger partial charge on any atom is -0.292 e. The number of Topliss-reactive ketones (excluding diaryl/α,β-unsaturated/α-hetero) is 1. The molecule has 0 spiro atoms. The second-order valence-electron chi connectivity index (χ2n) is 4.35. The van der Waals surface area contributed by atoms with E-state index in [1.807, 2.05) is 19.1 Å². The van der Waals surface area contributed by atoms with Crippen LogP contribution in [0.15, 0.2) is 24.3 Å². The number of carbonyl (C=O) groups excluding carboxylic acids is 3. The van der Waals surface area contributed by atoms with Crippen molar-refractivity contribution in [3.63, 3.8) is 0 Å². The van der Waals surface area contributed by atoms with Crippen LogP contribution >= 0.6 is 0 Å². The molecule has 1 aromatic carbocycles. The van der Waals surface area contributed by atoms with Crippen molar-refractivity contribution in [1.29, 1.82) is 0 Å². The van der Waals surface area contributed by atoms with Gasteiger partial charge in [-0.2, -0.15) is 0 Å². The van der Waals surface area contributed by atoms with Gasteiger partial charge in [-0.3, -0.25) is 19.3 Å². The van der Waals surface area contributed by atoms with E-state index >= 15 is 0 Å². The van der Waals surface area contributed by atoms with Crippen LogP contribution in [-0.4, -0.2) is 29.0 Å². The highest BCUT2D eigenvalue weighted by Crippen LogP contribution is 2.13. The monoisotopic (exact) mass is 245 g/mol. The van der Waals surface area contributed by atoms with E-state index in [9.17, 15) is 14.4 Å². The van der Waals surface area contributed by atoms with E-state index in [2.05, 4.69) is 0 Å². The first kappa shape index (κ1) is 12.5. The van der Waals surface area contributed by atoms with E-state index in [1.165, 1.54) is 0 Å². The van der Waals surface area contributed by atoms with Crippen LogP contribution in [0.2, 0.25) is 0 Å². The van der Waals surface area contributed by atoms with Crippen molar-refractivity contribution in [2.24, 2.45) is 0 Å². The summed E-state index contributed by atoms with van der Waals surface area (Å²) < 4.78 is 0. The number of nitrogens with zero attached hydrogens (tertiary/aromatic N) is 1. The van der Waals surface area contributed by atoms with Crippen molar-refractivity contribution >= 4 is 17.6 Å². The van der Waals surface area contributed by atoms with Gasteiger partial charge in [0.15, 0.2) is 5.78 Å². The second-order valence-corrected chi connectivity index (χ2v) is 4.35. The van der Waals surface area contributed by atoms with Gasteiger partial charge in [0.1, 0.15) is 0 Å². The van der Waals surface area contributed by atoms with Crippen LogP contribution in [0.25, 0.3) is 0 Å². The van der Waals surface area contributed by atoms with Gasteiger partial charge in [0.2, 0.25) is 11.8 Å². The van der Waals surface area contributed by atoms with Crippen molar-refractivity contribution in [3.05, 3.63) is 35.4 Å². The van der Waals surface area contributed by atoms with Crippen LogP contribution in [0.5, 0.6) is 0 Å². The lowest BCUT2D eigenvalue weighted by Gasteiger charge is -2.12. The molecule has 94 valence electrons. The van der Waals surface area contributed by atoms with Crippen LogP contribution in [0.3, 0.4) is 0 Å². The lowest BCUT2D eigenvalue weighted by Crippen LogP contribution is -2.34. The normalized spacial score (nSPS) is 15.3. The molecule has 0 radical (unpaired) electrons. The number of likely N-dealkylation sites (tertiary alicyclic amines) is 1. The summed E-state index contributed by atoms with van der Waals surface area (Å²) in [6, 6.07) is 7.26. The molecule has 2 rings (SSSR count). The molecule has 0 atom stereocenters. The SMILES string of the molecule is CCc1ccc(C(=O)CN2C(=O)CCC2=O)cc1. The summed E-state index contributed by atoms with van der Waals surface area (Å²) in [4.78, 5) is 35.8. The minimum atomic E-state index is -0.251. The van der Waals surface area contributed by atoms with Crippen LogP contribution in [0, 0.1) is 0 Å². The second kappa shape index (κ2) is 5.12. The summed E-state index contributed by atoms with van der Waals surface area (Å²) >= 11 is 0. The average molecular weight is 245 g/mol. The molecule has 4 heteroatoms. The van der Waals surface area contributed by atoms with Crippen LogP contribution in [-0.2, 0) is 16.0 Å². The number of aryl methyl sites for hydroxylation is 1. The molecule has 0 bridgehead atoms. The first-order valence-electron chi connectivity index (χ1n) is 6.07. The highest BCUT2D eigenvalue weighted by molar-refractivity contribution is 6.07. The molecule has 1 fully saturated rings. The first-order chi connectivity index (χ1) is 8.61. The number of rotatable bonds is 4. The molecule has 1 aliphatic heterocycles. The van der Waals surface area contributed by atoms with Gasteiger partial charge < -0.3 is 0 Å². The number of hydrogen-bond acceptors (Lipinski definition) is 3. The summed E-state index contributed by atoms with van der Waals surface area (Å²) in [7, 11) is 0. The molecule has 4 nitrogen and oxygen atoms in total. The minimum absolute atomic E-state index is 0.136. The van der Waals surface area contributed by atoms with Gasteiger partial charge >= 0.3 is 0 Å². The lowest BCUT2D eigenvalue weighted by atomic mass is 10.1. The predicted molar refractivity (Wildman–Crippen MR) is 66.1 cm³/mol. The number of carbonyl (C=O) groups is 3. The Morgan fingerprint density at radius 1 is 1.11 bits per heavy atom. The molecular weight excluding hydrogens is 230 g/mol. The Morgan fingerprint density at radius 3 is 2.17 bits per heavy atom. The molecule has 1 heterocycles. The highest BCUT2D eigenvalue weighted by atomic mass is 16.2. The molecule has 0 unspecified atom stereocenters. The topological polar surface area (TPSA) is 54.5 Å². The summed E-state index contributed by atoms with van der Waals surface area (Å²) in [6.45, 7) is 1.90. The van der Waals surface area contributed by atoms with E-state index in [1.54, 1.807) is 12.1 Å². The maximum atomic E-state index is 11.9. The van der Waals surface area contributed by atoms with Gasteiger partial charge in [-0.1, -0.05) is 31.2 Å². The van der Waals surface area contributed by atoms with Gasteiger partial charge in [-0.15, -0.1) is 0 Å². The number of amides is 2. The Kier molecular flexibility index (Phi) is 3.55. The fourth-order valence-corrected chi connectivity index (χ4v) is 1.96. The molecule has 1 aromatic rings. The van der Waals surface area contributed by atoms with Gasteiger partial charge in [-0.25, -0.2) is 0 Å². The number of benzene rings is 1. The van der Waals surface area contributed by atoms with E-state index < -0.39 is 0 Å². The van der Waals surface area contributed by atoms with Crippen molar-refractivity contribution in [3.8, 4) is 0 Å². The third-order valence-electron chi connectivity index (χ3n) is 3.14. The fraction of sp³-hybridized carbons (Fsp3) is 0.357. The smallest absolute Gasteiger partial charge is 0.230 e. The van der Waals surface area contributed by atoms with Crippen LogP contribution < -0.4 is 0 Å². The zero-order chi connectivity index (χ0) is 13.1. The zero-order valence-corrected chi connectivity index (χ0v) is 10.3. The molecule has 0 aromatic heterocycles. The Hall–Kier alpha value is -1.97. The molecule has 1 saturated heterocycles. The third kappa shape index (κ3) is 2.47. The maximum Gasteiger partial charge on any atom is 0.230 e. The van der Waals surface area contributed by atoms with E-state index in [0.29, 0.717) is 5.56 Å². The Balaban J connectivity index is 2.07. The average Bonchev–Trinajstić information content (AvgIpc) is 2.70. The predicted octanol–water partition coefficient (Wildman–Crippen LogP) is 1.58. The number of imide groups is 1. The Morgan fingerprint density at radius 2 is 1.67 bits per heavy atom. The van der Waals surface area contributed by atoms with Crippen LogP contribution in [0.1, 0.15) is 35.7 Å². The van der Waals surface area contributed by atoms with Gasteiger partial charge in [0.05, 0.1) is 6.54 Å². The summed E-state index contributed by atoms with van der Waals surface area (Å²) in [5.41, 5.74) is 1.69. The molecule has 0 saturated carbocycles. The Labute approximate surface area is 106 Å². The molecule has 0 aliphatic carbocycles. The Bertz CT molecular complexity index is 474. The quantitative estimate of drug-likeness (QED) is 0.597. The van der Waals surface area contributed by atoms with Gasteiger partial charge in [-0.05, 0) is 12.0 Å². The maximum absolute atomic E-state index is 11.9. The fourth-order valence-electron chi connectivity index (χ4n) is 1.96. The van der Waals surface area contributed by atoms with Crippen molar-refractivity contribution < 1.29 is 14.4 Å². The molecule has 1 aliphatic rings. The van der Waals surface area contributed by atoms with Crippen molar-refractivity contribution in [1.82, 2.24) is 4.90 Å². The summed E-state index contributed by atoms with van der Waals surface area (Å²) in [5.74, 6) is -0.696. The zero-order valence-electron chi connectivity index (χ0n) is 10.3. The van der Waals surface area contributed by atoms with E-state index in [4.69, 9.17) is 0 Å². The largest absolute Gasteiger partial charge is 0.292 e. The molecule has 0 N–H and O–H groups in total. The van der Waals surface area contributed by atoms with Crippen molar-refractivity contribution in [2.75, 3.05) is 6.54 Å². The number of hydrogen-bond donors (Lipinski definition) is 0. The van der Waals surface area contributed by atoms with Crippen molar-refractivity contribution in [2.45, 2.75) is 26.2 Å². The number of ketones is 1. The third-order valence-corrected chi connectivity index (χ3v) is 3.14. The molecular formula is C14H15NO3. The molecule has 2 amide bonds. The highest BCUT2D eigenvalue weighted by Gasteiger charge is 2.30. The van der Waals surface area contributed by atoms with E-state index in [0.717, 1.165) is 16.9 Å². The first-order valence-corrected chi connectivity index (χ1v) is 6.07.